The average Bonchev–Trinajstić information content (AvgIpc) is 2.93. The highest BCUT2D eigenvalue weighted by Gasteiger charge is 2.25. The second-order valence-electron chi connectivity index (χ2n) is 8.41. The first kappa shape index (κ1) is 25.7. The standard InChI is InChI=1S/C29H27N3O4S/c1-21(22-13-5-3-6-14-22)30-28(33)24-17-9-11-19-26(24)31-29(34)25-18-10-12-20-27(25)32(2)37(35,36)23-15-7-4-8-16-23/h3-21H,1-2H3,(H,30,33)(H,31,34). The Morgan fingerprint density at radius 3 is 1.92 bits per heavy atom. The highest BCUT2D eigenvalue weighted by molar-refractivity contribution is 7.92. The lowest BCUT2D eigenvalue weighted by atomic mass is 10.1. The van der Waals surface area contributed by atoms with Crippen LogP contribution in [0.15, 0.2) is 114 Å². The van der Waals surface area contributed by atoms with Crippen molar-refractivity contribution in [1.29, 1.82) is 0 Å². The Balaban J connectivity index is 1.58. The number of rotatable bonds is 8. The van der Waals surface area contributed by atoms with Gasteiger partial charge in [0.1, 0.15) is 0 Å². The van der Waals surface area contributed by atoms with E-state index >= 15 is 0 Å². The number of hydrogen-bond donors (Lipinski definition) is 2. The fourth-order valence-corrected chi connectivity index (χ4v) is 5.13. The second kappa shape index (κ2) is 11.1. The molecule has 188 valence electrons. The van der Waals surface area contributed by atoms with Crippen LogP contribution >= 0.6 is 0 Å². The number of nitrogens with one attached hydrogen (secondary N) is 2. The van der Waals surface area contributed by atoms with Gasteiger partial charge in [-0.3, -0.25) is 13.9 Å². The summed E-state index contributed by atoms with van der Waals surface area (Å²) in [5.74, 6) is -0.883. The predicted octanol–water partition coefficient (Wildman–Crippen LogP) is 5.26. The van der Waals surface area contributed by atoms with Crippen molar-refractivity contribution >= 4 is 33.2 Å². The SMILES string of the molecule is CC(NC(=O)c1ccccc1NC(=O)c1ccccc1N(C)S(=O)(=O)c1ccccc1)c1ccccc1. The maximum atomic E-state index is 13.4. The normalized spacial score (nSPS) is 11.8. The Morgan fingerprint density at radius 1 is 0.703 bits per heavy atom. The number of carbonyl (C=O) groups excluding carboxylic acids is 2. The fourth-order valence-electron chi connectivity index (χ4n) is 3.90. The van der Waals surface area contributed by atoms with Gasteiger partial charge in [-0.25, -0.2) is 8.42 Å². The maximum absolute atomic E-state index is 13.4. The van der Waals surface area contributed by atoms with Crippen molar-refractivity contribution < 1.29 is 18.0 Å². The highest BCUT2D eigenvalue weighted by atomic mass is 32.2. The summed E-state index contributed by atoms with van der Waals surface area (Å²) >= 11 is 0. The Labute approximate surface area is 216 Å². The van der Waals surface area contributed by atoms with Gasteiger partial charge < -0.3 is 10.6 Å². The quantitative estimate of drug-likeness (QED) is 0.336. The van der Waals surface area contributed by atoms with E-state index < -0.39 is 15.9 Å². The largest absolute Gasteiger partial charge is 0.345 e. The summed E-state index contributed by atoms with van der Waals surface area (Å²) in [6.45, 7) is 1.88. The van der Waals surface area contributed by atoms with Crippen molar-refractivity contribution in [1.82, 2.24) is 5.32 Å². The van der Waals surface area contributed by atoms with E-state index in [0.29, 0.717) is 11.3 Å². The molecule has 0 spiro atoms. The van der Waals surface area contributed by atoms with Gasteiger partial charge in [0.25, 0.3) is 21.8 Å². The summed E-state index contributed by atoms with van der Waals surface area (Å²) < 4.78 is 27.4. The first-order valence-corrected chi connectivity index (χ1v) is 13.1. The van der Waals surface area contributed by atoms with Crippen molar-refractivity contribution in [3.05, 3.63) is 126 Å². The molecule has 4 aromatic rings. The molecule has 37 heavy (non-hydrogen) atoms. The molecule has 4 rings (SSSR count). The van der Waals surface area contributed by atoms with Crippen LogP contribution in [0.4, 0.5) is 11.4 Å². The lowest BCUT2D eigenvalue weighted by Gasteiger charge is -2.22. The zero-order valence-electron chi connectivity index (χ0n) is 20.5. The molecule has 0 radical (unpaired) electrons. The molecule has 7 nitrogen and oxygen atoms in total. The summed E-state index contributed by atoms with van der Waals surface area (Å²) in [6, 6.07) is 30.4. The minimum atomic E-state index is -3.89. The first-order valence-electron chi connectivity index (χ1n) is 11.7. The molecule has 2 amide bonds. The predicted molar refractivity (Wildman–Crippen MR) is 145 cm³/mol. The van der Waals surface area contributed by atoms with Gasteiger partial charge >= 0.3 is 0 Å². The van der Waals surface area contributed by atoms with Crippen LogP contribution < -0.4 is 14.9 Å². The van der Waals surface area contributed by atoms with E-state index in [1.165, 1.54) is 19.2 Å². The second-order valence-corrected chi connectivity index (χ2v) is 10.4. The van der Waals surface area contributed by atoms with E-state index in [0.717, 1.165) is 9.87 Å². The van der Waals surface area contributed by atoms with E-state index in [-0.39, 0.29) is 28.1 Å². The molecule has 0 saturated heterocycles. The van der Waals surface area contributed by atoms with E-state index in [9.17, 15) is 18.0 Å². The third-order valence-electron chi connectivity index (χ3n) is 5.96. The van der Waals surface area contributed by atoms with Gasteiger partial charge in [0, 0.05) is 7.05 Å². The smallest absolute Gasteiger partial charge is 0.264 e. The summed E-state index contributed by atoms with van der Waals surface area (Å²) in [6.07, 6.45) is 0. The summed E-state index contributed by atoms with van der Waals surface area (Å²) in [5.41, 5.74) is 1.92. The zero-order chi connectivity index (χ0) is 26.4. The molecule has 1 atom stereocenters. The number of sulfonamides is 1. The highest BCUT2D eigenvalue weighted by Crippen LogP contribution is 2.27. The number of amides is 2. The summed E-state index contributed by atoms with van der Waals surface area (Å²) in [4.78, 5) is 26.6. The fraction of sp³-hybridized carbons (Fsp3) is 0.103. The molecular formula is C29H27N3O4S. The van der Waals surface area contributed by atoms with E-state index in [1.54, 1.807) is 66.7 Å². The lowest BCUT2D eigenvalue weighted by molar-refractivity contribution is 0.0940. The van der Waals surface area contributed by atoms with Gasteiger partial charge in [-0.2, -0.15) is 0 Å². The molecule has 0 aliphatic rings. The third-order valence-corrected chi connectivity index (χ3v) is 7.74. The summed E-state index contributed by atoms with van der Waals surface area (Å²) in [5, 5.41) is 5.74. The van der Waals surface area contributed by atoms with Crippen LogP contribution in [0.5, 0.6) is 0 Å². The molecular weight excluding hydrogens is 486 g/mol. The molecule has 2 N–H and O–H groups in total. The van der Waals surface area contributed by atoms with Crippen molar-refractivity contribution in [3.8, 4) is 0 Å². The van der Waals surface area contributed by atoms with E-state index in [4.69, 9.17) is 0 Å². The number of nitrogens with zero attached hydrogens (tertiary/aromatic N) is 1. The number of hydrogen-bond acceptors (Lipinski definition) is 4. The summed E-state index contributed by atoms with van der Waals surface area (Å²) in [7, 11) is -2.49. The molecule has 0 fully saturated rings. The first-order chi connectivity index (χ1) is 17.8. The van der Waals surface area contributed by atoms with E-state index in [1.807, 2.05) is 37.3 Å². The van der Waals surface area contributed by atoms with Gasteiger partial charge in [0.15, 0.2) is 0 Å². The number of anilines is 2. The monoisotopic (exact) mass is 513 g/mol. The Hall–Kier alpha value is -4.43. The molecule has 1 unspecified atom stereocenters. The molecule has 8 heteroatoms. The van der Waals surface area contributed by atoms with Crippen LogP contribution in [0.2, 0.25) is 0 Å². The van der Waals surface area contributed by atoms with Gasteiger partial charge in [-0.15, -0.1) is 0 Å². The maximum Gasteiger partial charge on any atom is 0.264 e. The number of para-hydroxylation sites is 2. The molecule has 0 aliphatic heterocycles. The number of carbonyl (C=O) groups is 2. The van der Waals surface area contributed by atoms with Crippen LogP contribution in [0.3, 0.4) is 0 Å². The van der Waals surface area contributed by atoms with E-state index in [2.05, 4.69) is 10.6 Å². The molecule has 0 aliphatic carbocycles. The van der Waals surface area contributed by atoms with Crippen molar-refractivity contribution in [2.24, 2.45) is 0 Å². The van der Waals surface area contributed by atoms with Crippen LogP contribution in [0.1, 0.15) is 39.2 Å². The van der Waals surface area contributed by atoms with Gasteiger partial charge in [0.05, 0.1) is 33.4 Å². The van der Waals surface area contributed by atoms with Gasteiger partial charge in [0.2, 0.25) is 0 Å². The topological polar surface area (TPSA) is 95.6 Å². The Morgan fingerprint density at radius 2 is 1.24 bits per heavy atom. The Kier molecular flexibility index (Phi) is 7.69. The number of benzene rings is 4. The molecule has 0 aromatic heterocycles. The molecule has 0 saturated carbocycles. The molecule has 0 bridgehead atoms. The average molecular weight is 514 g/mol. The van der Waals surface area contributed by atoms with Crippen LogP contribution in [-0.2, 0) is 10.0 Å². The molecule has 4 aromatic carbocycles. The Bertz CT molecular complexity index is 1510. The van der Waals surface area contributed by atoms with Crippen molar-refractivity contribution in [3.63, 3.8) is 0 Å². The van der Waals surface area contributed by atoms with Crippen LogP contribution in [0, 0.1) is 0 Å². The lowest BCUT2D eigenvalue weighted by Crippen LogP contribution is -2.30. The van der Waals surface area contributed by atoms with Crippen molar-refractivity contribution in [2.45, 2.75) is 17.9 Å². The zero-order valence-corrected chi connectivity index (χ0v) is 21.3. The third kappa shape index (κ3) is 5.70. The van der Waals surface area contributed by atoms with Gasteiger partial charge in [-0.1, -0.05) is 72.8 Å². The van der Waals surface area contributed by atoms with Gasteiger partial charge in [-0.05, 0) is 48.9 Å². The minimum absolute atomic E-state index is 0.113. The van der Waals surface area contributed by atoms with Crippen LogP contribution in [-0.4, -0.2) is 27.3 Å². The van der Waals surface area contributed by atoms with Crippen molar-refractivity contribution in [2.75, 3.05) is 16.7 Å². The molecule has 0 heterocycles. The van der Waals surface area contributed by atoms with Crippen LogP contribution in [0.25, 0.3) is 0 Å². The minimum Gasteiger partial charge on any atom is -0.345 e.